The number of carbonyl (C=O) groups is 4. The first-order valence-electron chi connectivity index (χ1n) is 14.9. The lowest BCUT2D eigenvalue weighted by molar-refractivity contribution is -0.140. The van der Waals surface area contributed by atoms with Crippen LogP contribution in [0, 0.1) is 17.8 Å². The van der Waals surface area contributed by atoms with Crippen LogP contribution in [0.2, 0.25) is 0 Å². The van der Waals surface area contributed by atoms with Crippen LogP contribution in [0.4, 0.5) is 0 Å². The fourth-order valence-corrected chi connectivity index (χ4v) is 7.30. The fourth-order valence-electron chi connectivity index (χ4n) is 7.30. The van der Waals surface area contributed by atoms with Crippen LogP contribution in [0.15, 0.2) is 113 Å². The average molecular weight is 586 g/mol. The van der Waals surface area contributed by atoms with Gasteiger partial charge in [0.1, 0.15) is 18.1 Å². The summed E-state index contributed by atoms with van der Waals surface area (Å²) in [6.07, 6.45) is 3.87. The van der Waals surface area contributed by atoms with Crippen molar-refractivity contribution in [3.8, 4) is 11.5 Å². The van der Waals surface area contributed by atoms with E-state index in [4.69, 9.17) is 4.74 Å². The maximum atomic E-state index is 13.9. The van der Waals surface area contributed by atoms with Gasteiger partial charge < -0.3 is 9.84 Å². The minimum absolute atomic E-state index is 0.0666. The van der Waals surface area contributed by atoms with Gasteiger partial charge in [-0.15, -0.1) is 0 Å². The first-order chi connectivity index (χ1) is 21.3. The molecule has 220 valence electrons. The first kappa shape index (κ1) is 27.8. The van der Waals surface area contributed by atoms with E-state index in [-0.39, 0.29) is 42.1 Å². The highest BCUT2D eigenvalue weighted by atomic mass is 16.5. The predicted octanol–water partition coefficient (Wildman–Crippen LogP) is 5.60. The van der Waals surface area contributed by atoms with Gasteiger partial charge in [0.25, 0.3) is 0 Å². The molecule has 1 heterocycles. The number of rotatable bonds is 6. The number of ketones is 2. The quantitative estimate of drug-likeness (QED) is 0.230. The second-order valence-corrected chi connectivity index (χ2v) is 12.0. The number of amides is 2. The molecule has 0 unspecified atom stereocenters. The lowest BCUT2D eigenvalue weighted by Gasteiger charge is -2.42. The maximum Gasteiger partial charge on any atom is 0.234 e. The molecule has 1 aliphatic heterocycles. The third-order valence-electron chi connectivity index (χ3n) is 9.40. The first-order valence-corrected chi connectivity index (χ1v) is 14.9. The van der Waals surface area contributed by atoms with Crippen molar-refractivity contribution in [3.63, 3.8) is 0 Å². The molecule has 7 nitrogen and oxygen atoms in total. The van der Waals surface area contributed by atoms with Gasteiger partial charge in [-0.2, -0.15) is 0 Å². The normalized spacial score (nSPS) is 24.4. The number of benzene rings is 3. The lowest BCUT2D eigenvalue weighted by Crippen LogP contribution is -2.39. The van der Waals surface area contributed by atoms with Crippen molar-refractivity contribution < 1.29 is 29.0 Å². The number of likely N-dealkylation sites (tertiary alicyclic amines) is 1. The van der Waals surface area contributed by atoms with Gasteiger partial charge in [0.05, 0.1) is 18.4 Å². The van der Waals surface area contributed by atoms with Crippen molar-refractivity contribution in [2.75, 3.05) is 0 Å². The summed E-state index contributed by atoms with van der Waals surface area (Å²) >= 11 is 0. The van der Waals surface area contributed by atoms with Crippen molar-refractivity contribution in [2.45, 2.75) is 38.8 Å². The van der Waals surface area contributed by atoms with Gasteiger partial charge in [0.15, 0.2) is 11.6 Å². The summed E-state index contributed by atoms with van der Waals surface area (Å²) in [6.45, 7) is 2.14. The minimum Gasteiger partial charge on any atom is -0.507 e. The Kier molecular flexibility index (Phi) is 6.88. The molecular weight excluding hydrogens is 554 g/mol. The molecule has 7 heteroatoms. The Balaban J connectivity index is 1.26. The summed E-state index contributed by atoms with van der Waals surface area (Å²) in [6, 6.07) is 24.1. The van der Waals surface area contributed by atoms with E-state index in [1.807, 2.05) is 66.7 Å². The number of fused-ring (bicyclic) bond motifs is 3. The molecule has 3 aromatic rings. The Morgan fingerprint density at radius 2 is 1.57 bits per heavy atom. The SMILES string of the molecule is CC1=CC(=O)C2=C(C1=O)[C@@H](c1ccc(OCc3ccccc3)cc1O)C1=CC[C@@H]3C(=O)N(Cc4ccccc4)C(=O)[C@@H]3[C@@H]1C2. The van der Waals surface area contributed by atoms with E-state index in [9.17, 15) is 24.3 Å². The number of nitrogens with zero attached hydrogens (tertiary/aromatic N) is 1. The molecule has 0 spiro atoms. The number of aromatic hydroxyl groups is 1. The molecule has 4 aliphatic rings. The minimum atomic E-state index is -0.723. The molecule has 2 amide bonds. The van der Waals surface area contributed by atoms with E-state index >= 15 is 0 Å². The van der Waals surface area contributed by atoms with E-state index in [1.165, 1.54) is 17.0 Å². The van der Waals surface area contributed by atoms with Crippen molar-refractivity contribution >= 4 is 23.4 Å². The van der Waals surface area contributed by atoms with Crippen LogP contribution in [-0.2, 0) is 32.3 Å². The summed E-state index contributed by atoms with van der Waals surface area (Å²) in [4.78, 5) is 55.9. The molecule has 1 saturated heterocycles. The van der Waals surface area contributed by atoms with Crippen LogP contribution in [0.1, 0.15) is 42.4 Å². The number of Topliss-reactive ketones (excluding diaryl/α,β-unsaturated/α-hetero) is 1. The molecule has 0 aromatic heterocycles. The summed E-state index contributed by atoms with van der Waals surface area (Å²) < 4.78 is 5.92. The van der Waals surface area contributed by atoms with Crippen LogP contribution < -0.4 is 4.74 Å². The van der Waals surface area contributed by atoms with Gasteiger partial charge in [-0.3, -0.25) is 24.1 Å². The molecule has 1 fully saturated rings. The highest BCUT2D eigenvalue weighted by molar-refractivity contribution is 6.24. The summed E-state index contributed by atoms with van der Waals surface area (Å²) in [5.41, 5.74) is 4.16. The summed E-state index contributed by atoms with van der Waals surface area (Å²) in [7, 11) is 0. The molecule has 0 radical (unpaired) electrons. The second-order valence-electron chi connectivity index (χ2n) is 12.0. The number of imide groups is 1. The van der Waals surface area contributed by atoms with Gasteiger partial charge in [-0.25, -0.2) is 0 Å². The zero-order valence-corrected chi connectivity index (χ0v) is 24.2. The smallest absolute Gasteiger partial charge is 0.234 e. The van der Waals surface area contributed by atoms with Crippen LogP contribution in [-0.4, -0.2) is 33.4 Å². The lowest BCUT2D eigenvalue weighted by atomic mass is 9.59. The van der Waals surface area contributed by atoms with Crippen molar-refractivity contribution in [1.29, 1.82) is 0 Å². The molecule has 4 atom stereocenters. The zero-order chi connectivity index (χ0) is 30.5. The molecular formula is C37H31NO6. The van der Waals surface area contributed by atoms with Gasteiger partial charge in [-0.1, -0.05) is 78.4 Å². The van der Waals surface area contributed by atoms with E-state index < -0.39 is 23.7 Å². The van der Waals surface area contributed by atoms with Gasteiger partial charge in [0.2, 0.25) is 11.8 Å². The Labute approximate surface area is 255 Å². The molecule has 3 aromatic carbocycles. The van der Waals surface area contributed by atoms with Crippen LogP contribution >= 0.6 is 0 Å². The highest BCUT2D eigenvalue weighted by Gasteiger charge is 2.56. The van der Waals surface area contributed by atoms with E-state index in [0.29, 0.717) is 41.1 Å². The van der Waals surface area contributed by atoms with Crippen LogP contribution in [0.25, 0.3) is 0 Å². The predicted molar refractivity (Wildman–Crippen MR) is 162 cm³/mol. The Morgan fingerprint density at radius 1 is 0.864 bits per heavy atom. The molecule has 3 aliphatic carbocycles. The van der Waals surface area contributed by atoms with Crippen molar-refractivity contribution in [1.82, 2.24) is 4.90 Å². The van der Waals surface area contributed by atoms with Crippen LogP contribution in [0.5, 0.6) is 11.5 Å². The number of phenols is 1. The summed E-state index contributed by atoms with van der Waals surface area (Å²) in [5.74, 6) is -2.92. The largest absolute Gasteiger partial charge is 0.507 e. The number of hydrogen-bond donors (Lipinski definition) is 1. The van der Waals surface area contributed by atoms with Gasteiger partial charge in [-0.05, 0) is 49.0 Å². The molecule has 1 N–H and O–H groups in total. The number of ether oxygens (including phenoxy) is 1. The van der Waals surface area contributed by atoms with E-state index in [0.717, 1.165) is 16.7 Å². The third kappa shape index (κ3) is 4.60. The Bertz CT molecular complexity index is 1800. The molecule has 44 heavy (non-hydrogen) atoms. The van der Waals surface area contributed by atoms with Crippen molar-refractivity contribution in [2.24, 2.45) is 17.8 Å². The number of allylic oxidation sites excluding steroid dienone is 6. The van der Waals surface area contributed by atoms with E-state index in [2.05, 4.69) is 0 Å². The topological polar surface area (TPSA) is 101 Å². The third-order valence-corrected chi connectivity index (χ3v) is 9.40. The number of phenolic OH excluding ortho intramolecular Hbond substituents is 1. The fraction of sp³-hybridized carbons (Fsp3) is 0.243. The Hall–Kier alpha value is -5.04. The maximum absolute atomic E-state index is 13.9. The second kappa shape index (κ2) is 10.9. The highest BCUT2D eigenvalue weighted by Crippen LogP contribution is 2.56. The van der Waals surface area contributed by atoms with Crippen molar-refractivity contribution in [3.05, 3.63) is 130 Å². The average Bonchev–Trinajstić information content (AvgIpc) is 3.28. The molecule has 7 rings (SSSR count). The van der Waals surface area contributed by atoms with Gasteiger partial charge in [0, 0.05) is 34.3 Å². The van der Waals surface area contributed by atoms with Crippen LogP contribution in [0.3, 0.4) is 0 Å². The van der Waals surface area contributed by atoms with Gasteiger partial charge >= 0.3 is 0 Å². The molecule has 0 bridgehead atoms. The van der Waals surface area contributed by atoms with E-state index in [1.54, 1.807) is 19.1 Å². The molecule has 0 saturated carbocycles. The number of hydrogen-bond acceptors (Lipinski definition) is 6. The number of carbonyl (C=O) groups excluding carboxylic acids is 4. The monoisotopic (exact) mass is 585 g/mol. The standard InChI is InChI=1S/C37H31NO6/c1-21-16-30(39)29-18-28-25(14-15-27-33(28)37(43)38(36(27)42)19-22-8-4-2-5-9-22)32(34(29)35(21)41)26-13-12-24(17-31(26)40)44-20-23-10-6-3-7-11-23/h2-14,16-17,27-28,32-33,40H,15,18-20H2,1H3/t27-,28+,32+,33-/m0/s1. The summed E-state index contributed by atoms with van der Waals surface area (Å²) in [5, 5.41) is 11.4. The zero-order valence-electron chi connectivity index (χ0n) is 24.2. The Morgan fingerprint density at radius 3 is 2.27 bits per heavy atom.